The molecular formula is C34H46O6. The van der Waals surface area contributed by atoms with Crippen molar-refractivity contribution in [1.82, 2.24) is 0 Å². The first-order valence-electron chi connectivity index (χ1n) is 15.0. The molecule has 3 aromatic rings. The van der Waals surface area contributed by atoms with E-state index in [9.17, 15) is 9.59 Å². The van der Waals surface area contributed by atoms with Crippen molar-refractivity contribution in [3.05, 3.63) is 47.5 Å². The fraction of sp³-hybridized carbons (Fsp3) is 0.529. The van der Waals surface area contributed by atoms with Crippen molar-refractivity contribution in [2.45, 2.75) is 92.9 Å². The van der Waals surface area contributed by atoms with Crippen LogP contribution >= 0.6 is 0 Å². The molecule has 0 saturated carbocycles. The monoisotopic (exact) mass is 550 g/mol. The average Bonchev–Trinajstić information content (AvgIpc) is 2.96. The molecule has 2 unspecified atom stereocenters. The quantitative estimate of drug-likeness (QED) is 0.113. The molecular weight excluding hydrogens is 504 g/mol. The Bertz CT molecular complexity index is 1180. The summed E-state index contributed by atoms with van der Waals surface area (Å²) >= 11 is 0. The Balaban J connectivity index is 1.94. The summed E-state index contributed by atoms with van der Waals surface area (Å²) in [6.45, 7) is 13.2. The number of rotatable bonds is 14. The SMILES string of the molecule is CCCCC(CC)COC(=O)Oc1c2ccccc2c(OC(=O)OCC(CC)CCCC)c2cc(C)c(C)cc12. The lowest BCUT2D eigenvalue weighted by Gasteiger charge is -2.19. The van der Waals surface area contributed by atoms with E-state index in [1.165, 1.54) is 0 Å². The van der Waals surface area contributed by atoms with Crippen molar-refractivity contribution in [3.8, 4) is 11.5 Å². The molecule has 218 valence electrons. The zero-order valence-electron chi connectivity index (χ0n) is 25.1. The van der Waals surface area contributed by atoms with Crippen molar-refractivity contribution >= 4 is 33.9 Å². The van der Waals surface area contributed by atoms with Crippen molar-refractivity contribution in [2.24, 2.45) is 11.8 Å². The van der Waals surface area contributed by atoms with E-state index in [0.717, 1.165) is 62.5 Å². The van der Waals surface area contributed by atoms with Crippen LogP contribution < -0.4 is 9.47 Å². The predicted octanol–water partition coefficient (Wildman–Crippen LogP) is 10.1. The van der Waals surface area contributed by atoms with E-state index in [4.69, 9.17) is 18.9 Å². The van der Waals surface area contributed by atoms with Crippen LogP contribution in [0.2, 0.25) is 0 Å². The van der Waals surface area contributed by atoms with Gasteiger partial charge in [0.1, 0.15) is 11.5 Å². The summed E-state index contributed by atoms with van der Waals surface area (Å²) in [6, 6.07) is 11.4. The summed E-state index contributed by atoms with van der Waals surface area (Å²) in [5, 5.41) is 2.67. The predicted molar refractivity (Wildman–Crippen MR) is 161 cm³/mol. The Morgan fingerprint density at radius 1 is 0.650 bits per heavy atom. The van der Waals surface area contributed by atoms with E-state index in [-0.39, 0.29) is 0 Å². The van der Waals surface area contributed by atoms with E-state index >= 15 is 0 Å². The van der Waals surface area contributed by atoms with Gasteiger partial charge in [-0.15, -0.1) is 0 Å². The summed E-state index contributed by atoms with van der Waals surface area (Å²) in [7, 11) is 0. The van der Waals surface area contributed by atoms with Crippen LogP contribution in [0.15, 0.2) is 36.4 Å². The van der Waals surface area contributed by atoms with Crippen LogP contribution in [0.4, 0.5) is 9.59 Å². The maximum Gasteiger partial charge on any atom is 0.513 e. The molecule has 3 rings (SSSR count). The standard InChI is InChI=1S/C34H46O6/c1-7-11-15-25(9-3)21-37-33(35)39-31-27-17-13-14-18-28(27)32(30-20-24(6)23(5)19-29(30)31)40-34(36)38-22-26(10-4)16-12-8-2/h13-14,17-20,25-26H,7-12,15-16,21-22H2,1-6H3. The molecule has 0 amide bonds. The number of benzene rings is 3. The molecule has 2 atom stereocenters. The van der Waals surface area contributed by atoms with Crippen LogP contribution in [0, 0.1) is 25.7 Å². The molecule has 0 N–H and O–H groups in total. The second-order valence-electron chi connectivity index (χ2n) is 10.8. The molecule has 40 heavy (non-hydrogen) atoms. The van der Waals surface area contributed by atoms with E-state index in [2.05, 4.69) is 27.7 Å². The Morgan fingerprint density at radius 2 is 1.05 bits per heavy atom. The highest BCUT2D eigenvalue weighted by Gasteiger charge is 2.23. The van der Waals surface area contributed by atoms with Crippen molar-refractivity contribution < 1.29 is 28.5 Å². The summed E-state index contributed by atoms with van der Waals surface area (Å²) in [5.74, 6) is 1.40. The number of carbonyl (C=O) groups excluding carboxylic acids is 2. The minimum atomic E-state index is -0.731. The van der Waals surface area contributed by atoms with Gasteiger partial charge in [0.15, 0.2) is 0 Å². The molecule has 0 aromatic heterocycles. The summed E-state index contributed by atoms with van der Waals surface area (Å²) in [4.78, 5) is 25.8. The first kappa shape index (κ1) is 31.3. The van der Waals surface area contributed by atoms with Crippen LogP contribution in [0.1, 0.15) is 90.2 Å². The second kappa shape index (κ2) is 15.5. The number of ether oxygens (including phenoxy) is 4. The molecule has 0 bridgehead atoms. The van der Waals surface area contributed by atoms with Gasteiger partial charge in [-0.2, -0.15) is 0 Å². The number of carbonyl (C=O) groups is 2. The third-order valence-corrected chi connectivity index (χ3v) is 7.87. The smallest absolute Gasteiger partial charge is 0.434 e. The second-order valence-corrected chi connectivity index (χ2v) is 10.8. The van der Waals surface area contributed by atoms with Crippen LogP contribution in [0.25, 0.3) is 21.5 Å². The minimum Gasteiger partial charge on any atom is -0.434 e. The Labute approximate surface area is 239 Å². The summed E-state index contributed by atoms with van der Waals surface area (Å²) < 4.78 is 22.9. The fourth-order valence-corrected chi connectivity index (χ4v) is 4.97. The molecule has 0 aliphatic rings. The van der Waals surface area contributed by atoms with Gasteiger partial charge < -0.3 is 18.9 Å². The number of hydrogen-bond acceptors (Lipinski definition) is 6. The highest BCUT2D eigenvalue weighted by atomic mass is 16.7. The van der Waals surface area contributed by atoms with Gasteiger partial charge in [-0.05, 0) is 61.8 Å². The fourth-order valence-electron chi connectivity index (χ4n) is 4.97. The topological polar surface area (TPSA) is 71.1 Å². The third-order valence-electron chi connectivity index (χ3n) is 7.87. The molecule has 6 nitrogen and oxygen atoms in total. The molecule has 0 aliphatic carbocycles. The van der Waals surface area contributed by atoms with Gasteiger partial charge in [0.05, 0.1) is 13.2 Å². The van der Waals surface area contributed by atoms with Gasteiger partial charge in [-0.25, -0.2) is 9.59 Å². The van der Waals surface area contributed by atoms with E-state index in [0.29, 0.717) is 58.1 Å². The lowest BCUT2D eigenvalue weighted by molar-refractivity contribution is 0.0805. The van der Waals surface area contributed by atoms with Crippen LogP contribution in [-0.4, -0.2) is 25.5 Å². The Kier molecular flexibility index (Phi) is 12.1. The highest BCUT2D eigenvalue weighted by molar-refractivity contribution is 6.12. The van der Waals surface area contributed by atoms with Crippen molar-refractivity contribution in [3.63, 3.8) is 0 Å². The number of fused-ring (bicyclic) bond motifs is 2. The molecule has 0 aliphatic heterocycles. The van der Waals surface area contributed by atoms with Crippen molar-refractivity contribution in [1.29, 1.82) is 0 Å². The molecule has 3 aromatic carbocycles. The van der Waals surface area contributed by atoms with Gasteiger partial charge in [0, 0.05) is 21.5 Å². The minimum absolute atomic E-state index is 0.307. The summed E-state index contributed by atoms with van der Waals surface area (Å²) in [5.41, 5.74) is 2.06. The van der Waals surface area contributed by atoms with Gasteiger partial charge in [0.2, 0.25) is 0 Å². The maximum absolute atomic E-state index is 12.9. The van der Waals surface area contributed by atoms with Gasteiger partial charge >= 0.3 is 12.3 Å². The van der Waals surface area contributed by atoms with E-state index in [1.54, 1.807) is 0 Å². The number of unbranched alkanes of at least 4 members (excludes halogenated alkanes) is 2. The molecule has 0 spiro atoms. The first-order valence-corrected chi connectivity index (χ1v) is 15.0. The van der Waals surface area contributed by atoms with Crippen LogP contribution in [0.3, 0.4) is 0 Å². The van der Waals surface area contributed by atoms with E-state index < -0.39 is 12.3 Å². The van der Waals surface area contributed by atoms with Crippen LogP contribution in [0.5, 0.6) is 11.5 Å². The lowest BCUT2D eigenvalue weighted by atomic mass is 9.96. The highest BCUT2D eigenvalue weighted by Crippen LogP contribution is 2.44. The van der Waals surface area contributed by atoms with E-state index in [1.807, 2.05) is 50.2 Å². The summed E-state index contributed by atoms with van der Waals surface area (Å²) in [6.07, 6.45) is 6.88. The number of hydrogen-bond donors (Lipinski definition) is 0. The van der Waals surface area contributed by atoms with Gasteiger partial charge in [-0.3, -0.25) is 0 Å². The zero-order valence-corrected chi connectivity index (χ0v) is 25.1. The van der Waals surface area contributed by atoms with Gasteiger partial charge in [-0.1, -0.05) is 90.5 Å². The largest absolute Gasteiger partial charge is 0.513 e. The molecule has 0 heterocycles. The third kappa shape index (κ3) is 8.12. The normalized spacial score (nSPS) is 12.8. The zero-order chi connectivity index (χ0) is 29.1. The molecule has 0 radical (unpaired) electrons. The van der Waals surface area contributed by atoms with Gasteiger partial charge in [0.25, 0.3) is 0 Å². The average molecular weight is 551 g/mol. The Morgan fingerprint density at radius 3 is 1.40 bits per heavy atom. The first-order chi connectivity index (χ1) is 19.3. The lowest BCUT2D eigenvalue weighted by Crippen LogP contribution is -2.18. The molecule has 0 saturated heterocycles. The number of aryl methyl sites for hydroxylation is 2. The molecule has 6 heteroatoms. The molecule has 0 fully saturated rings. The van der Waals surface area contributed by atoms with Crippen LogP contribution in [-0.2, 0) is 9.47 Å². The van der Waals surface area contributed by atoms with Crippen molar-refractivity contribution in [2.75, 3.05) is 13.2 Å². The Hall–Kier alpha value is -3.28. The maximum atomic E-state index is 12.9.